The van der Waals surface area contributed by atoms with Gasteiger partial charge in [0.15, 0.2) is 17.3 Å². The second kappa shape index (κ2) is 6.60. The molecule has 1 aliphatic heterocycles. The van der Waals surface area contributed by atoms with Gasteiger partial charge in [-0.2, -0.15) is 0 Å². The van der Waals surface area contributed by atoms with Crippen molar-refractivity contribution >= 4 is 22.8 Å². The molecular formula is C21H18F2N4O3. The van der Waals surface area contributed by atoms with E-state index in [9.17, 15) is 23.5 Å². The van der Waals surface area contributed by atoms with Crippen LogP contribution in [0.3, 0.4) is 0 Å². The number of rotatable bonds is 3. The van der Waals surface area contributed by atoms with Gasteiger partial charge in [0, 0.05) is 31.0 Å². The number of halogens is 2. The van der Waals surface area contributed by atoms with Crippen LogP contribution < -0.4 is 16.1 Å². The minimum absolute atomic E-state index is 0.0963. The van der Waals surface area contributed by atoms with Gasteiger partial charge in [0.25, 0.3) is 0 Å². The SMILES string of the molecule is NC1CC2CN(c3nc4c(cc3F)c(=O)c(C(=O)O)cn4-c3ccc(F)cc3)CC12. The molecule has 0 amide bonds. The number of aromatic carboxylic acids is 1. The number of nitrogens with two attached hydrogens (primary N) is 1. The molecule has 3 N–H and O–H groups in total. The summed E-state index contributed by atoms with van der Waals surface area (Å²) < 4.78 is 29.7. The average Bonchev–Trinajstić information content (AvgIpc) is 3.06. The maximum Gasteiger partial charge on any atom is 0.341 e. The Kier molecular flexibility index (Phi) is 4.11. The summed E-state index contributed by atoms with van der Waals surface area (Å²) in [4.78, 5) is 30.5. The van der Waals surface area contributed by atoms with Gasteiger partial charge in [-0.3, -0.25) is 4.79 Å². The maximum absolute atomic E-state index is 15.0. The van der Waals surface area contributed by atoms with Crippen molar-refractivity contribution in [1.82, 2.24) is 9.55 Å². The number of hydrogen-bond donors (Lipinski definition) is 2. The summed E-state index contributed by atoms with van der Waals surface area (Å²) in [6, 6.07) is 6.43. The smallest absolute Gasteiger partial charge is 0.341 e. The van der Waals surface area contributed by atoms with Crippen LogP contribution in [0.15, 0.2) is 41.3 Å². The molecule has 2 aromatic heterocycles. The second-order valence-corrected chi connectivity index (χ2v) is 7.92. The zero-order valence-electron chi connectivity index (χ0n) is 15.8. The normalized spacial score (nSPS) is 22.8. The van der Waals surface area contributed by atoms with E-state index >= 15 is 0 Å². The van der Waals surface area contributed by atoms with E-state index in [1.54, 1.807) is 0 Å². The van der Waals surface area contributed by atoms with Gasteiger partial charge in [0.1, 0.15) is 11.4 Å². The lowest BCUT2D eigenvalue weighted by Crippen LogP contribution is -2.46. The lowest BCUT2D eigenvalue weighted by molar-refractivity contribution is 0.0695. The highest BCUT2D eigenvalue weighted by atomic mass is 19.1. The fourth-order valence-corrected chi connectivity index (χ4v) is 4.52. The first-order valence-corrected chi connectivity index (χ1v) is 9.59. The van der Waals surface area contributed by atoms with Crippen molar-refractivity contribution in [2.24, 2.45) is 17.6 Å². The van der Waals surface area contributed by atoms with Gasteiger partial charge in [-0.05, 0) is 48.6 Å². The summed E-state index contributed by atoms with van der Waals surface area (Å²) in [7, 11) is 0. The summed E-state index contributed by atoms with van der Waals surface area (Å²) in [5.41, 5.74) is 5.20. The third-order valence-corrected chi connectivity index (χ3v) is 6.16. The van der Waals surface area contributed by atoms with E-state index < -0.39 is 28.6 Å². The highest BCUT2D eigenvalue weighted by Crippen LogP contribution is 2.41. The van der Waals surface area contributed by atoms with Crippen molar-refractivity contribution in [3.8, 4) is 5.69 Å². The first-order valence-electron chi connectivity index (χ1n) is 9.59. The van der Waals surface area contributed by atoms with E-state index in [0.29, 0.717) is 24.7 Å². The molecule has 9 heteroatoms. The topological polar surface area (TPSA) is 101 Å². The van der Waals surface area contributed by atoms with E-state index in [0.717, 1.165) is 18.7 Å². The third-order valence-electron chi connectivity index (χ3n) is 6.16. The van der Waals surface area contributed by atoms with Crippen molar-refractivity contribution in [2.75, 3.05) is 18.0 Å². The van der Waals surface area contributed by atoms with Crippen molar-refractivity contribution < 1.29 is 18.7 Å². The summed E-state index contributed by atoms with van der Waals surface area (Å²) in [6.45, 7) is 1.21. The van der Waals surface area contributed by atoms with Gasteiger partial charge in [0.2, 0.25) is 5.43 Å². The van der Waals surface area contributed by atoms with Crippen molar-refractivity contribution in [1.29, 1.82) is 0 Å². The van der Waals surface area contributed by atoms with Gasteiger partial charge < -0.3 is 20.3 Å². The molecule has 7 nitrogen and oxygen atoms in total. The first-order chi connectivity index (χ1) is 14.3. The van der Waals surface area contributed by atoms with Crippen molar-refractivity contribution in [2.45, 2.75) is 12.5 Å². The van der Waals surface area contributed by atoms with E-state index in [2.05, 4.69) is 4.98 Å². The van der Waals surface area contributed by atoms with Crippen LogP contribution in [0, 0.1) is 23.5 Å². The summed E-state index contributed by atoms with van der Waals surface area (Å²) in [5, 5.41) is 9.27. The van der Waals surface area contributed by atoms with Crippen LogP contribution in [-0.2, 0) is 0 Å². The second-order valence-electron chi connectivity index (χ2n) is 7.92. The molecule has 1 aliphatic carbocycles. The van der Waals surface area contributed by atoms with Gasteiger partial charge in [-0.25, -0.2) is 18.6 Å². The number of pyridine rings is 2. The van der Waals surface area contributed by atoms with Crippen molar-refractivity contribution in [3.05, 3.63) is 63.9 Å². The largest absolute Gasteiger partial charge is 0.477 e. The summed E-state index contributed by atoms with van der Waals surface area (Å²) >= 11 is 0. The van der Waals surface area contributed by atoms with Crippen LogP contribution >= 0.6 is 0 Å². The van der Waals surface area contributed by atoms with Crippen molar-refractivity contribution in [3.63, 3.8) is 0 Å². The highest BCUT2D eigenvalue weighted by molar-refractivity contribution is 5.92. The van der Waals surface area contributed by atoms with E-state index in [4.69, 9.17) is 5.73 Å². The Morgan fingerprint density at radius 1 is 1.20 bits per heavy atom. The molecule has 3 aromatic rings. The molecule has 3 heterocycles. The molecule has 3 unspecified atom stereocenters. The van der Waals surface area contributed by atoms with E-state index in [1.807, 2.05) is 4.90 Å². The number of anilines is 1. The van der Waals surface area contributed by atoms with Crippen LogP contribution in [0.25, 0.3) is 16.7 Å². The summed E-state index contributed by atoms with van der Waals surface area (Å²) in [6.07, 6.45) is 2.02. The fourth-order valence-electron chi connectivity index (χ4n) is 4.52. The molecular weight excluding hydrogens is 394 g/mol. The lowest BCUT2D eigenvalue weighted by atomic mass is 9.72. The van der Waals surface area contributed by atoms with Crippen LogP contribution in [0.2, 0.25) is 0 Å². The molecule has 0 bridgehead atoms. The highest BCUT2D eigenvalue weighted by Gasteiger charge is 2.46. The molecule has 30 heavy (non-hydrogen) atoms. The lowest BCUT2D eigenvalue weighted by Gasteiger charge is -2.36. The average molecular weight is 412 g/mol. The van der Waals surface area contributed by atoms with Gasteiger partial charge in [-0.15, -0.1) is 0 Å². The summed E-state index contributed by atoms with van der Waals surface area (Å²) in [5.74, 6) is -1.82. The molecule has 1 aromatic carbocycles. The predicted octanol–water partition coefficient (Wildman–Crippen LogP) is 2.15. The van der Waals surface area contributed by atoms with E-state index in [1.165, 1.54) is 28.8 Å². The Hall–Kier alpha value is -3.33. The molecule has 1 saturated heterocycles. The number of hydrogen-bond acceptors (Lipinski definition) is 5. The van der Waals surface area contributed by atoms with Crippen LogP contribution in [0.4, 0.5) is 14.6 Å². The minimum Gasteiger partial charge on any atom is -0.477 e. The number of carbonyl (C=O) groups is 1. The number of aromatic nitrogens is 2. The number of carboxylic acid groups (broad SMARTS) is 1. The molecule has 1 saturated carbocycles. The van der Waals surface area contributed by atoms with Gasteiger partial charge in [-0.1, -0.05) is 0 Å². The zero-order valence-corrected chi connectivity index (χ0v) is 15.8. The van der Waals surface area contributed by atoms with Crippen LogP contribution in [0.5, 0.6) is 0 Å². The standard InChI is InChI=1S/C21H18F2N4O3/c22-11-1-3-12(4-2-11)27-9-15(21(29)30)18(28)13-6-16(23)20(25-19(13)27)26-7-10-5-17(24)14(10)8-26/h1-4,6,9-10,14,17H,5,7-8,24H2,(H,29,30). The number of carboxylic acids is 1. The quantitative estimate of drug-likeness (QED) is 0.684. The molecule has 0 spiro atoms. The molecule has 2 aliphatic rings. The Bertz CT molecular complexity index is 1240. The fraction of sp³-hybridized carbons (Fsp3) is 0.286. The van der Waals surface area contributed by atoms with Crippen LogP contribution in [-0.4, -0.2) is 39.8 Å². The van der Waals surface area contributed by atoms with E-state index in [-0.39, 0.29) is 28.8 Å². The van der Waals surface area contributed by atoms with Gasteiger partial charge in [0.05, 0.1) is 5.39 Å². The minimum atomic E-state index is -1.44. The Morgan fingerprint density at radius 2 is 1.93 bits per heavy atom. The predicted molar refractivity (Wildman–Crippen MR) is 106 cm³/mol. The monoisotopic (exact) mass is 412 g/mol. The molecule has 2 fully saturated rings. The maximum atomic E-state index is 15.0. The number of benzene rings is 1. The number of nitrogens with zero attached hydrogens (tertiary/aromatic N) is 3. The van der Waals surface area contributed by atoms with Gasteiger partial charge >= 0.3 is 5.97 Å². The number of fused-ring (bicyclic) bond motifs is 2. The third kappa shape index (κ3) is 2.77. The molecule has 0 radical (unpaired) electrons. The Labute approximate surface area is 169 Å². The zero-order chi connectivity index (χ0) is 21.2. The molecule has 3 atom stereocenters. The first kappa shape index (κ1) is 18.7. The molecule has 5 rings (SSSR count). The molecule has 154 valence electrons. The Morgan fingerprint density at radius 3 is 2.57 bits per heavy atom. The Balaban J connectivity index is 1.72. The van der Waals surface area contributed by atoms with Crippen LogP contribution in [0.1, 0.15) is 16.8 Å².